The molecule has 134 valence electrons. The van der Waals surface area contributed by atoms with Crippen LogP contribution in [0, 0.1) is 6.92 Å². The molecular formula is C20H19NO4S. The Morgan fingerprint density at radius 3 is 2.35 bits per heavy atom. The van der Waals surface area contributed by atoms with Crippen molar-refractivity contribution >= 4 is 15.9 Å². The predicted molar refractivity (Wildman–Crippen MR) is 98.6 cm³/mol. The van der Waals surface area contributed by atoms with E-state index in [1.807, 2.05) is 13.0 Å². The summed E-state index contributed by atoms with van der Waals surface area (Å²) in [5.41, 5.74) is 2.05. The van der Waals surface area contributed by atoms with Crippen LogP contribution in [0.5, 0.6) is 0 Å². The highest BCUT2D eigenvalue weighted by Crippen LogP contribution is 2.14. The molecule has 0 spiro atoms. The fourth-order valence-electron chi connectivity index (χ4n) is 2.57. The SMILES string of the molecule is Cc1ccc(S(=O)(=O)OCCn2cccc2C(=O)c2ccccc2)cc1. The summed E-state index contributed by atoms with van der Waals surface area (Å²) >= 11 is 0. The van der Waals surface area contributed by atoms with Gasteiger partial charge in [0.2, 0.25) is 5.78 Å². The van der Waals surface area contributed by atoms with E-state index in [-0.39, 0.29) is 23.8 Å². The molecule has 1 heterocycles. The van der Waals surface area contributed by atoms with Gasteiger partial charge in [-0.25, -0.2) is 0 Å². The molecule has 0 amide bonds. The smallest absolute Gasteiger partial charge is 0.297 e. The fourth-order valence-corrected chi connectivity index (χ4v) is 3.47. The third kappa shape index (κ3) is 4.09. The summed E-state index contributed by atoms with van der Waals surface area (Å²) in [6.07, 6.45) is 1.73. The number of ketones is 1. The monoisotopic (exact) mass is 369 g/mol. The lowest BCUT2D eigenvalue weighted by Gasteiger charge is -2.10. The van der Waals surface area contributed by atoms with Gasteiger partial charge in [-0.3, -0.25) is 8.98 Å². The Kier molecular flexibility index (Phi) is 5.35. The number of benzene rings is 2. The van der Waals surface area contributed by atoms with Crippen molar-refractivity contribution in [3.05, 3.63) is 89.7 Å². The average molecular weight is 369 g/mol. The Hall–Kier alpha value is -2.70. The summed E-state index contributed by atoms with van der Waals surface area (Å²) in [4.78, 5) is 12.7. The van der Waals surface area contributed by atoms with Crippen molar-refractivity contribution in [1.82, 2.24) is 4.57 Å². The van der Waals surface area contributed by atoms with Crippen molar-refractivity contribution in [2.45, 2.75) is 18.4 Å². The normalized spacial score (nSPS) is 11.4. The lowest BCUT2D eigenvalue weighted by molar-refractivity contribution is 0.102. The number of hydrogen-bond donors (Lipinski definition) is 0. The summed E-state index contributed by atoms with van der Waals surface area (Å²) in [6.45, 7) is 2.08. The quantitative estimate of drug-likeness (QED) is 0.473. The van der Waals surface area contributed by atoms with Crippen LogP contribution in [-0.4, -0.2) is 25.4 Å². The molecule has 3 rings (SSSR count). The molecule has 1 aromatic heterocycles. The van der Waals surface area contributed by atoms with Crippen molar-refractivity contribution in [2.24, 2.45) is 0 Å². The van der Waals surface area contributed by atoms with Crippen LogP contribution < -0.4 is 0 Å². The van der Waals surface area contributed by atoms with Crippen molar-refractivity contribution in [3.63, 3.8) is 0 Å². The van der Waals surface area contributed by atoms with Crippen molar-refractivity contribution in [3.8, 4) is 0 Å². The third-order valence-corrected chi connectivity index (χ3v) is 5.30. The van der Waals surface area contributed by atoms with Gasteiger partial charge in [0.1, 0.15) is 0 Å². The maximum absolute atomic E-state index is 12.6. The third-order valence-electron chi connectivity index (χ3n) is 3.98. The second-order valence-corrected chi connectivity index (χ2v) is 7.49. The molecule has 0 unspecified atom stereocenters. The van der Waals surface area contributed by atoms with Crippen LogP contribution in [0.1, 0.15) is 21.6 Å². The van der Waals surface area contributed by atoms with E-state index < -0.39 is 10.1 Å². The lowest BCUT2D eigenvalue weighted by atomic mass is 10.1. The molecule has 0 N–H and O–H groups in total. The van der Waals surface area contributed by atoms with Gasteiger partial charge in [0.05, 0.1) is 17.2 Å². The summed E-state index contributed by atoms with van der Waals surface area (Å²) in [5, 5.41) is 0. The van der Waals surface area contributed by atoms with Gasteiger partial charge in [0.25, 0.3) is 10.1 Å². The first-order valence-corrected chi connectivity index (χ1v) is 9.59. The molecule has 0 saturated heterocycles. The van der Waals surface area contributed by atoms with Gasteiger partial charge in [0, 0.05) is 18.3 Å². The molecule has 0 aliphatic carbocycles. The Morgan fingerprint density at radius 2 is 1.65 bits per heavy atom. The number of aromatic nitrogens is 1. The second-order valence-electron chi connectivity index (χ2n) is 5.87. The lowest BCUT2D eigenvalue weighted by Crippen LogP contribution is -2.15. The van der Waals surface area contributed by atoms with E-state index in [0.29, 0.717) is 11.3 Å². The zero-order valence-electron chi connectivity index (χ0n) is 14.3. The van der Waals surface area contributed by atoms with Crippen LogP contribution in [0.4, 0.5) is 0 Å². The molecular weight excluding hydrogens is 350 g/mol. The molecule has 0 bridgehead atoms. The van der Waals surface area contributed by atoms with E-state index in [1.54, 1.807) is 59.3 Å². The number of carbonyl (C=O) groups is 1. The zero-order chi connectivity index (χ0) is 18.6. The minimum atomic E-state index is -3.81. The van der Waals surface area contributed by atoms with Gasteiger partial charge in [-0.05, 0) is 31.2 Å². The van der Waals surface area contributed by atoms with Crippen LogP contribution in [0.3, 0.4) is 0 Å². The number of rotatable bonds is 7. The standard InChI is InChI=1S/C20H19NO4S/c1-16-9-11-18(12-10-16)26(23,24)25-15-14-21-13-5-8-19(21)20(22)17-6-3-2-4-7-17/h2-13H,14-15H2,1H3. The van der Waals surface area contributed by atoms with Crippen molar-refractivity contribution < 1.29 is 17.4 Å². The first-order chi connectivity index (χ1) is 12.5. The second kappa shape index (κ2) is 7.68. The van der Waals surface area contributed by atoms with E-state index in [4.69, 9.17) is 4.18 Å². The van der Waals surface area contributed by atoms with Gasteiger partial charge in [-0.1, -0.05) is 48.0 Å². The Morgan fingerprint density at radius 1 is 0.962 bits per heavy atom. The van der Waals surface area contributed by atoms with E-state index >= 15 is 0 Å². The van der Waals surface area contributed by atoms with Crippen LogP contribution in [0.25, 0.3) is 0 Å². The number of hydrogen-bond acceptors (Lipinski definition) is 4. The van der Waals surface area contributed by atoms with Gasteiger partial charge >= 0.3 is 0 Å². The Labute approximate surface area is 153 Å². The highest BCUT2D eigenvalue weighted by Gasteiger charge is 2.16. The first-order valence-electron chi connectivity index (χ1n) is 8.18. The van der Waals surface area contributed by atoms with E-state index in [0.717, 1.165) is 5.56 Å². The molecule has 0 aliphatic rings. The summed E-state index contributed by atoms with van der Waals surface area (Å²) < 4.78 is 31.2. The van der Waals surface area contributed by atoms with Gasteiger partial charge in [0.15, 0.2) is 0 Å². The van der Waals surface area contributed by atoms with Crippen molar-refractivity contribution in [1.29, 1.82) is 0 Å². The fraction of sp³-hybridized carbons (Fsp3) is 0.150. The van der Waals surface area contributed by atoms with Gasteiger partial charge in [-0.2, -0.15) is 8.42 Å². The molecule has 0 atom stereocenters. The highest BCUT2D eigenvalue weighted by atomic mass is 32.2. The molecule has 0 fully saturated rings. The van der Waals surface area contributed by atoms with Gasteiger partial charge in [-0.15, -0.1) is 0 Å². The van der Waals surface area contributed by atoms with E-state index in [2.05, 4.69) is 0 Å². The van der Waals surface area contributed by atoms with Crippen LogP contribution in [0.15, 0.2) is 77.8 Å². The van der Waals surface area contributed by atoms with E-state index in [1.165, 1.54) is 12.1 Å². The number of carbonyl (C=O) groups excluding carboxylic acids is 1. The van der Waals surface area contributed by atoms with Crippen LogP contribution >= 0.6 is 0 Å². The number of nitrogens with zero attached hydrogens (tertiary/aromatic N) is 1. The van der Waals surface area contributed by atoms with Crippen molar-refractivity contribution in [2.75, 3.05) is 6.61 Å². The predicted octanol–water partition coefficient (Wildman–Crippen LogP) is 3.43. The van der Waals surface area contributed by atoms with Gasteiger partial charge < -0.3 is 4.57 Å². The largest absolute Gasteiger partial charge is 0.342 e. The Bertz CT molecular complexity index is 990. The minimum Gasteiger partial charge on any atom is -0.342 e. The highest BCUT2D eigenvalue weighted by molar-refractivity contribution is 7.86. The number of aryl methyl sites for hydroxylation is 1. The molecule has 2 aromatic carbocycles. The molecule has 0 radical (unpaired) electrons. The molecule has 0 saturated carbocycles. The molecule has 5 nitrogen and oxygen atoms in total. The molecule has 6 heteroatoms. The summed E-state index contributed by atoms with van der Waals surface area (Å²) in [6, 6.07) is 18.9. The maximum Gasteiger partial charge on any atom is 0.297 e. The molecule has 3 aromatic rings. The molecule has 26 heavy (non-hydrogen) atoms. The topological polar surface area (TPSA) is 65.4 Å². The molecule has 0 aliphatic heterocycles. The summed E-state index contributed by atoms with van der Waals surface area (Å²) in [5.74, 6) is -0.114. The summed E-state index contributed by atoms with van der Waals surface area (Å²) in [7, 11) is -3.81. The first kappa shape index (κ1) is 18.1. The van der Waals surface area contributed by atoms with E-state index in [9.17, 15) is 13.2 Å². The zero-order valence-corrected chi connectivity index (χ0v) is 15.1. The van der Waals surface area contributed by atoms with Crippen LogP contribution in [0.2, 0.25) is 0 Å². The maximum atomic E-state index is 12.6. The Balaban J connectivity index is 1.67. The minimum absolute atomic E-state index is 0.0556. The van der Waals surface area contributed by atoms with Crippen LogP contribution in [-0.2, 0) is 20.8 Å². The average Bonchev–Trinajstić information content (AvgIpc) is 3.10.